The Labute approximate surface area is 118 Å². The zero-order chi connectivity index (χ0) is 13.8. The lowest BCUT2D eigenvalue weighted by atomic mass is 10.1. The molecule has 1 atom stereocenters. The number of hydrogen-bond acceptors (Lipinski definition) is 3. The van der Waals surface area contributed by atoms with Gasteiger partial charge in [0, 0.05) is 12.1 Å². The van der Waals surface area contributed by atoms with Gasteiger partial charge >= 0.3 is 0 Å². The molecule has 0 aliphatic carbocycles. The number of amides is 1. The molecule has 1 aliphatic rings. The van der Waals surface area contributed by atoms with Gasteiger partial charge in [-0.15, -0.1) is 0 Å². The van der Waals surface area contributed by atoms with Crippen molar-refractivity contribution >= 4 is 23.1 Å². The van der Waals surface area contributed by atoms with Crippen LogP contribution >= 0.6 is 12.2 Å². The SMILES string of the molecule is COc1ccccc1CC(=O)N1CCCC1C(N)=S. The van der Waals surface area contributed by atoms with Crippen molar-refractivity contribution in [3.8, 4) is 5.75 Å². The topological polar surface area (TPSA) is 55.6 Å². The van der Waals surface area contributed by atoms with Gasteiger partial charge in [0.15, 0.2) is 0 Å². The van der Waals surface area contributed by atoms with Crippen LogP contribution in [0.25, 0.3) is 0 Å². The molecule has 1 heterocycles. The molecule has 19 heavy (non-hydrogen) atoms. The summed E-state index contributed by atoms with van der Waals surface area (Å²) in [6, 6.07) is 7.47. The molecule has 1 amide bonds. The van der Waals surface area contributed by atoms with Gasteiger partial charge in [-0.2, -0.15) is 0 Å². The van der Waals surface area contributed by atoms with Crippen LogP contribution in [0.4, 0.5) is 0 Å². The number of thiocarbonyl (C=S) groups is 1. The molecule has 2 N–H and O–H groups in total. The molecule has 2 rings (SSSR count). The number of rotatable bonds is 4. The molecule has 102 valence electrons. The summed E-state index contributed by atoms with van der Waals surface area (Å²) in [5, 5.41) is 0. The highest BCUT2D eigenvalue weighted by molar-refractivity contribution is 7.80. The minimum atomic E-state index is -0.0859. The summed E-state index contributed by atoms with van der Waals surface area (Å²) in [7, 11) is 1.61. The lowest BCUT2D eigenvalue weighted by molar-refractivity contribution is -0.130. The van der Waals surface area contributed by atoms with Crippen LogP contribution in [0.2, 0.25) is 0 Å². The molecule has 0 spiro atoms. The van der Waals surface area contributed by atoms with E-state index in [0.717, 1.165) is 30.7 Å². The largest absolute Gasteiger partial charge is 0.496 e. The smallest absolute Gasteiger partial charge is 0.227 e. The van der Waals surface area contributed by atoms with E-state index < -0.39 is 0 Å². The van der Waals surface area contributed by atoms with Gasteiger partial charge < -0.3 is 15.4 Å². The average Bonchev–Trinajstić information content (AvgIpc) is 2.88. The van der Waals surface area contributed by atoms with Crippen LogP contribution in [0.3, 0.4) is 0 Å². The third-order valence-corrected chi connectivity index (χ3v) is 3.71. The van der Waals surface area contributed by atoms with E-state index in [1.807, 2.05) is 24.3 Å². The van der Waals surface area contributed by atoms with E-state index >= 15 is 0 Å². The molecular weight excluding hydrogens is 260 g/mol. The molecule has 0 aromatic heterocycles. The number of carbonyl (C=O) groups is 1. The van der Waals surface area contributed by atoms with Gasteiger partial charge in [0.05, 0.1) is 24.6 Å². The standard InChI is InChI=1S/C14H18N2O2S/c1-18-12-7-3-2-5-10(12)9-13(17)16-8-4-6-11(16)14(15)19/h2-3,5,7,11H,4,6,8-9H2,1H3,(H2,15,19). The molecule has 0 radical (unpaired) electrons. The van der Waals surface area contributed by atoms with E-state index in [1.54, 1.807) is 12.0 Å². The number of likely N-dealkylation sites (tertiary alicyclic amines) is 1. The predicted molar refractivity (Wildman–Crippen MR) is 78.2 cm³/mol. The first-order chi connectivity index (χ1) is 9.13. The fourth-order valence-corrected chi connectivity index (χ4v) is 2.72. The second-order valence-corrected chi connectivity index (χ2v) is 5.11. The summed E-state index contributed by atoms with van der Waals surface area (Å²) in [5.74, 6) is 0.793. The maximum atomic E-state index is 12.4. The number of methoxy groups -OCH3 is 1. The molecular formula is C14H18N2O2S. The van der Waals surface area contributed by atoms with Gasteiger partial charge in [0.2, 0.25) is 5.91 Å². The van der Waals surface area contributed by atoms with Gasteiger partial charge in [-0.1, -0.05) is 30.4 Å². The van der Waals surface area contributed by atoms with Crippen molar-refractivity contribution in [3.05, 3.63) is 29.8 Å². The van der Waals surface area contributed by atoms with Crippen molar-refractivity contribution in [1.29, 1.82) is 0 Å². The summed E-state index contributed by atoms with van der Waals surface area (Å²) in [6.45, 7) is 0.732. The zero-order valence-corrected chi connectivity index (χ0v) is 11.8. The van der Waals surface area contributed by atoms with Gasteiger partial charge in [0.1, 0.15) is 5.75 Å². The molecule has 1 aliphatic heterocycles. The Hall–Kier alpha value is -1.62. The zero-order valence-electron chi connectivity index (χ0n) is 11.0. The molecule has 1 unspecified atom stereocenters. The van der Waals surface area contributed by atoms with Crippen LogP contribution in [-0.2, 0) is 11.2 Å². The maximum absolute atomic E-state index is 12.4. The van der Waals surface area contributed by atoms with E-state index in [0.29, 0.717) is 11.4 Å². The van der Waals surface area contributed by atoms with E-state index in [9.17, 15) is 4.79 Å². The number of ether oxygens (including phenoxy) is 1. The number of benzene rings is 1. The second kappa shape index (κ2) is 6.02. The number of nitrogens with two attached hydrogens (primary N) is 1. The van der Waals surface area contributed by atoms with Gasteiger partial charge in [-0.3, -0.25) is 4.79 Å². The first-order valence-corrected chi connectivity index (χ1v) is 6.75. The molecule has 1 saturated heterocycles. The molecule has 4 nitrogen and oxygen atoms in total. The third kappa shape index (κ3) is 3.04. The monoisotopic (exact) mass is 278 g/mol. The van der Waals surface area contributed by atoms with Crippen molar-refractivity contribution in [2.75, 3.05) is 13.7 Å². The Morgan fingerprint density at radius 2 is 2.26 bits per heavy atom. The second-order valence-electron chi connectivity index (χ2n) is 4.64. The Balaban J connectivity index is 2.10. The third-order valence-electron chi connectivity index (χ3n) is 3.44. The number of hydrogen-bond donors (Lipinski definition) is 1. The van der Waals surface area contributed by atoms with E-state index in [4.69, 9.17) is 22.7 Å². The quantitative estimate of drug-likeness (QED) is 0.848. The molecule has 1 fully saturated rings. The number of carbonyl (C=O) groups excluding carboxylic acids is 1. The number of para-hydroxylation sites is 1. The van der Waals surface area contributed by atoms with E-state index in [1.165, 1.54) is 0 Å². The van der Waals surface area contributed by atoms with Crippen LogP contribution in [0, 0.1) is 0 Å². The Morgan fingerprint density at radius 1 is 1.53 bits per heavy atom. The summed E-state index contributed by atoms with van der Waals surface area (Å²) in [5.41, 5.74) is 6.58. The molecule has 1 aromatic rings. The van der Waals surface area contributed by atoms with Crippen molar-refractivity contribution in [3.63, 3.8) is 0 Å². The van der Waals surface area contributed by atoms with E-state index in [-0.39, 0.29) is 11.9 Å². The van der Waals surface area contributed by atoms with Crippen molar-refractivity contribution in [1.82, 2.24) is 4.90 Å². The van der Waals surface area contributed by atoms with Gasteiger partial charge in [-0.25, -0.2) is 0 Å². The Morgan fingerprint density at radius 3 is 2.95 bits per heavy atom. The maximum Gasteiger partial charge on any atom is 0.227 e. The summed E-state index contributed by atoms with van der Waals surface area (Å²) >= 11 is 5.02. The summed E-state index contributed by atoms with van der Waals surface area (Å²) in [4.78, 5) is 14.5. The summed E-state index contributed by atoms with van der Waals surface area (Å²) in [6.07, 6.45) is 2.15. The lowest BCUT2D eigenvalue weighted by Gasteiger charge is -2.24. The Kier molecular flexibility index (Phi) is 4.37. The van der Waals surface area contributed by atoms with Gasteiger partial charge in [-0.05, 0) is 18.9 Å². The van der Waals surface area contributed by atoms with Crippen LogP contribution < -0.4 is 10.5 Å². The minimum absolute atomic E-state index is 0.0554. The van der Waals surface area contributed by atoms with Gasteiger partial charge in [0.25, 0.3) is 0 Å². The number of nitrogens with zero attached hydrogens (tertiary/aromatic N) is 1. The Bertz CT molecular complexity index is 490. The van der Waals surface area contributed by atoms with Crippen molar-refractivity contribution < 1.29 is 9.53 Å². The average molecular weight is 278 g/mol. The van der Waals surface area contributed by atoms with Crippen LogP contribution in [0.1, 0.15) is 18.4 Å². The fourth-order valence-electron chi connectivity index (χ4n) is 2.47. The first kappa shape index (κ1) is 13.8. The fraction of sp³-hybridized carbons (Fsp3) is 0.429. The molecule has 0 saturated carbocycles. The van der Waals surface area contributed by atoms with Crippen molar-refractivity contribution in [2.24, 2.45) is 5.73 Å². The highest BCUT2D eigenvalue weighted by Crippen LogP contribution is 2.22. The van der Waals surface area contributed by atoms with Crippen molar-refractivity contribution in [2.45, 2.75) is 25.3 Å². The lowest BCUT2D eigenvalue weighted by Crippen LogP contribution is -2.43. The van der Waals surface area contributed by atoms with Crippen LogP contribution in [-0.4, -0.2) is 35.5 Å². The molecule has 5 heteroatoms. The first-order valence-electron chi connectivity index (χ1n) is 6.34. The highest BCUT2D eigenvalue weighted by atomic mass is 32.1. The minimum Gasteiger partial charge on any atom is -0.496 e. The summed E-state index contributed by atoms with van der Waals surface area (Å²) < 4.78 is 5.26. The van der Waals surface area contributed by atoms with Crippen LogP contribution in [0.15, 0.2) is 24.3 Å². The normalized spacial score (nSPS) is 18.4. The van der Waals surface area contributed by atoms with Crippen LogP contribution in [0.5, 0.6) is 5.75 Å². The van der Waals surface area contributed by atoms with E-state index in [2.05, 4.69) is 0 Å². The molecule has 0 bridgehead atoms. The molecule has 1 aromatic carbocycles. The highest BCUT2D eigenvalue weighted by Gasteiger charge is 2.30. The predicted octanol–water partition coefficient (Wildman–Crippen LogP) is 1.51.